The molecular formula is C22H25Cl2NO5. The summed E-state index contributed by atoms with van der Waals surface area (Å²) in [7, 11) is 2.98. The molecule has 0 saturated carbocycles. The number of halogens is 2. The summed E-state index contributed by atoms with van der Waals surface area (Å²) < 4.78 is 16.2. The monoisotopic (exact) mass is 453 g/mol. The smallest absolute Gasteiger partial charge is 0.188 e. The Bertz CT molecular complexity index is 937. The Hall–Kier alpha value is -2.54. The van der Waals surface area contributed by atoms with Gasteiger partial charge in [0.15, 0.2) is 12.6 Å². The molecule has 8 heteroatoms. The van der Waals surface area contributed by atoms with Crippen molar-refractivity contribution in [2.45, 2.75) is 20.3 Å². The zero-order chi connectivity index (χ0) is 21.4. The van der Waals surface area contributed by atoms with Gasteiger partial charge in [-0.2, -0.15) is 0 Å². The van der Waals surface area contributed by atoms with Crippen LogP contribution < -0.4 is 9.47 Å². The zero-order valence-corrected chi connectivity index (χ0v) is 18.8. The van der Waals surface area contributed by atoms with Gasteiger partial charge in [0.1, 0.15) is 17.2 Å². The van der Waals surface area contributed by atoms with Gasteiger partial charge < -0.3 is 19.3 Å². The van der Waals surface area contributed by atoms with Crippen molar-refractivity contribution in [3.05, 3.63) is 64.0 Å². The van der Waals surface area contributed by atoms with E-state index in [-0.39, 0.29) is 30.7 Å². The average molecular weight is 454 g/mol. The molecule has 0 unspecified atom stereocenters. The summed E-state index contributed by atoms with van der Waals surface area (Å²) in [6, 6.07) is 3.04. The quantitative estimate of drug-likeness (QED) is 0.241. The molecular weight excluding hydrogens is 429 g/mol. The second-order valence-electron chi connectivity index (χ2n) is 6.45. The number of phenolic OH excluding ortho intramolecular Hbond substituents is 1. The van der Waals surface area contributed by atoms with Crippen LogP contribution in [-0.4, -0.2) is 36.9 Å². The van der Waals surface area contributed by atoms with Crippen molar-refractivity contribution in [3.8, 4) is 17.2 Å². The number of carbonyl (C=O) groups excluding carboxylic acids is 1. The van der Waals surface area contributed by atoms with Crippen LogP contribution in [0.4, 0.5) is 0 Å². The van der Waals surface area contributed by atoms with Gasteiger partial charge in [-0.3, -0.25) is 9.78 Å². The van der Waals surface area contributed by atoms with Crippen LogP contribution in [0.1, 0.15) is 35.3 Å². The summed E-state index contributed by atoms with van der Waals surface area (Å²) in [4.78, 5) is 16.4. The summed E-state index contributed by atoms with van der Waals surface area (Å²) >= 11 is 5.91. The summed E-state index contributed by atoms with van der Waals surface area (Å²) in [5.41, 5.74) is 2.54. The molecule has 1 heterocycles. The highest BCUT2D eigenvalue weighted by molar-refractivity contribution is 6.30. The van der Waals surface area contributed by atoms with Crippen LogP contribution in [0.3, 0.4) is 0 Å². The first-order chi connectivity index (χ1) is 13.9. The predicted molar refractivity (Wildman–Crippen MR) is 120 cm³/mol. The van der Waals surface area contributed by atoms with Crippen LogP contribution in [-0.2, 0) is 11.2 Å². The molecule has 0 aliphatic rings. The lowest BCUT2D eigenvalue weighted by Crippen LogP contribution is -2.05. The van der Waals surface area contributed by atoms with E-state index < -0.39 is 0 Å². The Morgan fingerprint density at radius 1 is 1.23 bits per heavy atom. The first-order valence-electron chi connectivity index (χ1n) is 8.88. The van der Waals surface area contributed by atoms with Gasteiger partial charge in [0.05, 0.1) is 17.7 Å². The molecule has 1 N–H and O–H groups in total. The van der Waals surface area contributed by atoms with Crippen molar-refractivity contribution >= 4 is 35.9 Å². The molecule has 0 bridgehead atoms. The first kappa shape index (κ1) is 25.5. The number of hydrogen-bond donors (Lipinski definition) is 1. The van der Waals surface area contributed by atoms with Crippen molar-refractivity contribution in [2.75, 3.05) is 21.0 Å². The van der Waals surface area contributed by atoms with Gasteiger partial charge in [-0.15, -0.1) is 12.4 Å². The minimum Gasteiger partial charge on any atom is -0.507 e. The molecule has 6 nitrogen and oxygen atoms in total. The maximum atomic E-state index is 12.5. The lowest BCUT2D eigenvalue weighted by atomic mass is 10.0. The van der Waals surface area contributed by atoms with Crippen molar-refractivity contribution in [1.29, 1.82) is 0 Å². The SMILES string of the molecule is COCOc1c(C=CC(=O)c2cncc(Cl)c2)c(OC)cc(O)c1CC=C(C)C.Cl. The molecule has 1 aromatic carbocycles. The van der Waals surface area contributed by atoms with E-state index >= 15 is 0 Å². The fraction of sp³-hybridized carbons (Fsp3) is 0.273. The highest BCUT2D eigenvalue weighted by Gasteiger charge is 2.18. The van der Waals surface area contributed by atoms with Gasteiger partial charge in [-0.25, -0.2) is 0 Å². The largest absolute Gasteiger partial charge is 0.507 e. The average Bonchev–Trinajstić information content (AvgIpc) is 2.69. The molecule has 0 atom stereocenters. The van der Waals surface area contributed by atoms with E-state index in [2.05, 4.69) is 4.98 Å². The standard InChI is InChI=1S/C22H24ClNO5.ClH/c1-14(2)5-6-17-20(26)10-21(28-4)18(22(17)29-13-27-3)7-8-19(25)15-9-16(23)12-24-11-15;/h5,7-12,26H,6,13H2,1-4H3;1H. The zero-order valence-electron chi connectivity index (χ0n) is 17.3. The molecule has 0 saturated heterocycles. The molecule has 0 aliphatic heterocycles. The Kier molecular flexibility index (Phi) is 10.4. The minimum absolute atomic E-state index is 0. The molecule has 2 rings (SSSR count). The number of phenols is 1. The van der Waals surface area contributed by atoms with Gasteiger partial charge in [0, 0.05) is 36.7 Å². The number of benzene rings is 1. The second-order valence-corrected chi connectivity index (χ2v) is 6.88. The second kappa shape index (κ2) is 12.2. The van der Waals surface area contributed by atoms with Gasteiger partial charge in [0.2, 0.25) is 0 Å². The topological polar surface area (TPSA) is 77.9 Å². The Balaban J connectivity index is 0.00000450. The molecule has 30 heavy (non-hydrogen) atoms. The van der Waals surface area contributed by atoms with Crippen molar-refractivity contribution in [1.82, 2.24) is 4.98 Å². The number of ketones is 1. The molecule has 162 valence electrons. The summed E-state index contributed by atoms with van der Waals surface area (Å²) in [5.74, 6) is 0.504. The van der Waals surface area contributed by atoms with E-state index in [0.29, 0.717) is 39.6 Å². The van der Waals surface area contributed by atoms with Crippen molar-refractivity contribution in [2.24, 2.45) is 0 Å². The molecule has 0 aliphatic carbocycles. The third-order valence-corrected chi connectivity index (χ3v) is 4.21. The fourth-order valence-electron chi connectivity index (χ4n) is 2.59. The van der Waals surface area contributed by atoms with Gasteiger partial charge in [-0.1, -0.05) is 23.3 Å². The summed E-state index contributed by atoms with van der Waals surface area (Å²) in [5, 5.41) is 10.9. The van der Waals surface area contributed by atoms with E-state index in [4.69, 9.17) is 25.8 Å². The number of ether oxygens (including phenoxy) is 3. The lowest BCUT2D eigenvalue weighted by Gasteiger charge is -2.17. The molecule has 0 amide bonds. The van der Waals surface area contributed by atoms with E-state index in [9.17, 15) is 9.90 Å². The third kappa shape index (κ3) is 6.76. The number of aromatic nitrogens is 1. The summed E-state index contributed by atoms with van der Waals surface area (Å²) in [6.07, 6.45) is 8.28. The number of carbonyl (C=O) groups is 1. The highest BCUT2D eigenvalue weighted by atomic mass is 35.5. The number of pyridine rings is 1. The van der Waals surface area contributed by atoms with Gasteiger partial charge in [0.25, 0.3) is 0 Å². The van der Waals surface area contributed by atoms with Gasteiger partial charge >= 0.3 is 0 Å². The number of aromatic hydroxyl groups is 1. The van der Waals surface area contributed by atoms with Gasteiger partial charge in [-0.05, 0) is 38.5 Å². The van der Waals surface area contributed by atoms with Crippen LogP contribution in [0.2, 0.25) is 5.02 Å². The van der Waals surface area contributed by atoms with Crippen LogP contribution in [0.5, 0.6) is 17.2 Å². The third-order valence-electron chi connectivity index (χ3n) is 4.01. The van der Waals surface area contributed by atoms with Crippen molar-refractivity contribution in [3.63, 3.8) is 0 Å². The van der Waals surface area contributed by atoms with E-state index in [1.54, 1.807) is 6.08 Å². The molecule has 0 radical (unpaired) electrons. The van der Waals surface area contributed by atoms with Crippen LogP contribution in [0, 0.1) is 0 Å². The minimum atomic E-state index is -0.279. The van der Waals surface area contributed by atoms with Crippen molar-refractivity contribution < 1.29 is 24.1 Å². The molecule has 0 fully saturated rings. The molecule has 2 aromatic rings. The molecule has 0 spiro atoms. The first-order valence-corrected chi connectivity index (χ1v) is 9.26. The summed E-state index contributed by atoms with van der Waals surface area (Å²) in [6.45, 7) is 3.91. The predicted octanol–water partition coefficient (Wildman–Crippen LogP) is 5.26. The number of nitrogens with zero attached hydrogens (tertiary/aromatic N) is 1. The van der Waals surface area contributed by atoms with E-state index in [0.717, 1.165) is 5.57 Å². The van der Waals surface area contributed by atoms with Crippen LogP contribution in [0.15, 0.2) is 42.3 Å². The Labute approximate surface area is 187 Å². The molecule has 1 aromatic heterocycles. The Morgan fingerprint density at radius 2 is 1.97 bits per heavy atom. The normalized spacial score (nSPS) is 10.4. The van der Waals surface area contributed by atoms with E-state index in [1.807, 2.05) is 19.9 Å². The van der Waals surface area contributed by atoms with Crippen LogP contribution >= 0.6 is 24.0 Å². The maximum Gasteiger partial charge on any atom is 0.188 e. The maximum absolute atomic E-state index is 12.5. The highest BCUT2D eigenvalue weighted by Crippen LogP contribution is 2.40. The van der Waals surface area contributed by atoms with E-state index in [1.165, 1.54) is 44.8 Å². The lowest BCUT2D eigenvalue weighted by molar-refractivity contribution is 0.0500. The number of allylic oxidation sites excluding steroid dienone is 3. The van der Waals surface area contributed by atoms with Crippen LogP contribution in [0.25, 0.3) is 6.08 Å². The number of methoxy groups -OCH3 is 2. The number of rotatable bonds is 9. The fourth-order valence-corrected chi connectivity index (χ4v) is 2.77. The number of hydrogen-bond acceptors (Lipinski definition) is 6. The Morgan fingerprint density at radius 3 is 2.57 bits per heavy atom.